The van der Waals surface area contributed by atoms with Crippen LogP contribution in [0.4, 0.5) is 20.6 Å². The smallest absolute Gasteiger partial charge is 0.335 e. The normalized spacial score (nSPS) is 14.6. The summed E-state index contributed by atoms with van der Waals surface area (Å²) >= 11 is 6.15. The number of rotatable bonds is 6. The van der Waals surface area contributed by atoms with Crippen LogP contribution in [0.5, 0.6) is 5.75 Å². The number of aryl methyl sites for hydroxylation is 1. The molecule has 1 saturated heterocycles. The zero-order valence-corrected chi connectivity index (χ0v) is 19.6. The van der Waals surface area contributed by atoms with Crippen molar-refractivity contribution in [3.05, 3.63) is 94.3 Å². The van der Waals surface area contributed by atoms with E-state index in [1.165, 1.54) is 36.4 Å². The summed E-state index contributed by atoms with van der Waals surface area (Å²) in [5.74, 6) is -2.42. The van der Waals surface area contributed by atoms with Gasteiger partial charge in [-0.2, -0.15) is 0 Å². The fraction of sp³-hybridized carbons (Fsp3) is 0.0769. The molecule has 0 bridgehead atoms. The molecule has 0 aromatic heterocycles. The number of anilines is 2. The summed E-state index contributed by atoms with van der Waals surface area (Å²) in [5.41, 5.74) is 1.38. The molecule has 182 valence electrons. The Balaban J connectivity index is 1.55. The summed E-state index contributed by atoms with van der Waals surface area (Å²) < 4.78 is 18.6. The van der Waals surface area contributed by atoms with Gasteiger partial charge in [0.1, 0.15) is 17.1 Å². The largest absolute Gasteiger partial charge is 0.483 e. The van der Waals surface area contributed by atoms with Crippen molar-refractivity contribution >= 4 is 52.8 Å². The zero-order chi connectivity index (χ0) is 25.8. The molecule has 2 N–H and O–H groups in total. The molecule has 4 rings (SSSR count). The van der Waals surface area contributed by atoms with Crippen molar-refractivity contribution in [2.45, 2.75) is 6.92 Å². The molecule has 36 heavy (non-hydrogen) atoms. The fourth-order valence-corrected chi connectivity index (χ4v) is 3.55. The fourth-order valence-electron chi connectivity index (χ4n) is 3.37. The predicted octanol–water partition coefficient (Wildman–Crippen LogP) is 4.47. The van der Waals surface area contributed by atoms with Gasteiger partial charge in [-0.05, 0) is 61.0 Å². The molecule has 3 aromatic carbocycles. The van der Waals surface area contributed by atoms with Crippen LogP contribution in [0.1, 0.15) is 11.1 Å². The monoisotopic (exact) mass is 507 g/mol. The van der Waals surface area contributed by atoms with Crippen LogP contribution in [0, 0.1) is 12.7 Å². The number of hydrogen-bond acceptors (Lipinski definition) is 5. The number of barbiturate groups is 1. The van der Waals surface area contributed by atoms with Gasteiger partial charge >= 0.3 is 6.03 Å². The lowest BCUT2D eigenvalue weighted by Gasteiger charge is -2.26. The van der Waals surface area contributed by atoms with Gasteiger partial charge in [-0.3, -0.25) is 19.7 Å². The van der Waals surface area contributed by atoms with Crippen molar-refractivity contribution in [3.8, 4) is 5.75 Å². The Bertz CT molecular complexity index is 1400. The number of benzene rings is 3. The first-order valence-electron chi connectivity index (χ1n) is 10.7. The maximum Gasteiger partial charge on any atom is 0.335 e. The molecule has 0 spiro atoms. The lowest BCUT2D eigenvalue weighted by atomic mass is 10.1. The van der Waals surface area contributed by atoms with Crippen molar-refractivity contribution in [2.75, 3.05) is 16.8 Å². The number of urea groups is 1. The van der Waals surface area contributed by atoms with E-state index in [1.807, 2.05) is 0 Å². The number of nitrogens with zero attached hydrogens (tertiary/aromatic N) is 1. The highest BCUT2D eigenvalue weighted by Crippen LogP contribution is 2.28. The Labute approximate surface area is 210 Å². The molecule has 8 nitrogen and oxygen atoms in total. The Morgan fingerprint density at radius 2 is 1.81 bits per heavy atom. The molecular weight excluding hydrogens is 489 g/mol. The number of hydrogen-bond donors (Lipinski definition) is 2. The predicted molar refractivity (Wildman–Crippen MR) is 132 cm³/mol. The van der Waals surface area contributed by atoms with E-state index in [2.05, 4.69) is 10.6 Å². The van der Waals surface area contributed by atoms with Crippen molar-refractivity contribution in [1.82, 2.24) is 5.32 Å². The summed E-state index contributed by atoms with van der Waals surface area (Å²) in [7, 11) is 0. The second kappa shape index (κ2) is 10.4. The molecule has 1 heterocycles. The first-order chi connectivity index (χ1) is 17.2. The standard InChI is InChI=1S/C26H19ClFN3O5/c1-15-6-11-19(13-21(15)27)31-25(34)20(24(33)30-26(31)35)12-16-4-2-3-5-22(16)36-14-23(32)29-18-9-7-17(28)8-10-18/h2-13H,14H2,1H3,(H,29,32)(H,30,33,35)/b20-12+. The third-order valence-electron chi connectivity index (χ3n) is 5.22. The molecule has 0 unspecified atom stereocenters. The number of amides is 5. The topological polar surface area (TPSA) is 105 Å². The van der Waals surface area contributed by atoms with Crippen molar-refractivity contribution in [1.29, 1.82) is 0 Å². The van der Waals surface area contributed by atoms with Gasteiger partial charge in [0.15, 0.2) is 6.61 Å². The first-order valence-corrected chi connectivity index (χ1v) is 11.1. The third-order valence-corrected chi connectivity index (χ3v) is 5.63. The average molecular weight is 508 g/mol. The minimum absolute atomic E-state index is 0.202. The van der Waals surface area contributed by atoms with E-state index >= 15 is 0 Å². The Morgan fingerprint density at radius 1 is 1.08 bits per heavy atom. The lowest BCUT2D eigenvalue weighted by Crippen LogP contribution is -2.54. The number of carbonyl (C=O) groups is 4. The summed E-state index contributed by atoms with van der Waals surface area (Å²) in [6.07, 6.45) is 1.28. The van der Waals surface area contributed by atoms with Crippen LogP contribution in [0.25, 0.3) is 6.08 Å². The molecule has 3 aromatic rings. The molecule has 10 heteroatoms. The molecule has 1 aliphatic heterocycles. The third kappa shape index (κ3) is 5.42. The minimum Gasteiger partial charge on any atom is -0.483 e. The van der Waals surface area contributed by atoms with Crippen LogP contribution in [0.3, 0.4) is 0 Å². The second-order valence-corrected chi connectivity index (χ2v) is 8.18. The molecule has 1 aliphatic rings. The molecule has 1 fully saturated rings. The van der Waals surface area contributed by atoms with E-state index in [-0.39, 0.29) is 23.6 Å². The first kappa shape index (κ1) is 24.6. The molecule has 0 radical (unpaired) electrons. The van der Waals surface area contributed by atoms with Gasteiger partial charge in [0.25, 0.3) is 17.7 Å². The summed E-state index contributed by atoms with van der Waals surface area (Å²) in [6, 6.07) is 15.5. The Hall–Kier alpha value is -4.50. The number of ether oxygens (including phenoxy) is 1. The van der Waals surface area contributed by atoms with Crippen molar-refractivity contribution in [2.24, 2.45) is 0 Å². The number of para-hydroxylation sites is 1. The van der Waals surface area contributed by atoms with Gasteiger partial charge in [-0.25, -0.2) is 14.1 Å². The average Bonchev–Trinajstić information content (AvgIpc) is 2.84. The van der Waals surface area contributed by atoms with Gasteiger partial charge in [0, 0.05) is 16.3 Å². The second-order valence-electron chi connectivity index (χ2n) is 7.77. The van der Waals surface area contributed by atoms with E-state index in [4.69, 9.17) is 16.3 Å². The minimum atomic E-state index is -0.899. The Kier molecular flexibility index (Phi) is 7.12. The highest BCUT2D eigenvalue weighted by atomic mass is 35.5. The van der Waals surface area contributed by atoms with E-state index in [0.717, 1.165) is 10.5 Å². The van der Waals surface area contributed by atoms with Crippen LogP contribution >= 0.6 is 11.6 Å². The van der Waals surface area contributed by atoms with Crippen molar-refractivity contribution < 1.29 is 28.3 Å². The van der Waals surface area contributed by atoms with Crippen LogP contribution < -0.4 is 20.3 Å². The maximum absolute atomic E-state index is 13.2. The molecule has 0 aliphatic carbocycles. The van der Waals surface area contributed by atoms with Gasteiger partial charge < -0.3 is 10.1 Å². The highest BCUT2D eigenvalue weighted by molar-refractivity contribution is 6.39. The number of nitrogens with one attached hydrogen (secondary N) is 2. The highest BCUT2D eigenvalue weighted by Gasteiger charge is 2.37. The Morgan fingerprint density at radius 3 is 2.53 bits per heavy atom. The van der Waals surface area contributed by atoms with Gasteiger partial charge in [0.2, 0.25) is 0 Å². The van der Waals surface area contributed by atoms with Crippen LogP contribution in [-0.4, -0.2) is 30.4 Å². The summed E-state index contributed by atoms with van der Waals surface area (Å²) in [5, 5.41) is 5.08. The van der Waals surface area contributed by atoms with Gasteiger partial charge in [-0.1, -0.05) is 35.9 Å². The SMILES string of the molecule is Cc1ccc(N2C(=O)NC(=O)/C(=C\c3ccccc3OCC(=O)Nc3ccc(F)cc3)C2=O)cc1Cl. The molecule has 5 amide bonds. The molecule has 0 atom stereocenters. The van der Waals surface area contributed by atoms with E-state index in [0.29, 0.717) is 16.3 Å². The van der Waals surface area contributed by atoms with E-state index < -0.39 is 29.6 Å². The maximum atomic E-state index is 13.2. The number of imide groups is 2. The van der Waals surface area contributed by atoms with Crippen molar-refractivity contribution in [3.63, 3.8) is 0 Å². The number of carbonyl (C=O) groups excluding carboxylic acids is 4. The molecule has 0 saturated carbocycles. The van der Waals surface area contributed by atoms with Gasteiger partial charge in [-0.15, -0.1) is 0 Å². The van der Waals surface area contributed by atoms with E-state index in [1.54, 1.807) is 43.3 Å². The van der Waals surface area contributed by atoms with Gasteiger partial charge in [0.05, 0.1) is 5.69 Å². The summed E-state index contributed by atoms with van der Waals surface area (Å²) in [6.45, 7) is 1.39. The zero-order valence-electron chi connectivity index (χ0n) is 18.9. The lowest BCUT2D eigenvalue weighted by molar-refractivity contribution is -0.122. The molecular formula is C26H19ClFN3O5. The van der Waals surface area contributed by atoms with Crippen LogP contribution in [0.2, 0.25) is 5.02 Å². The summed E-state index contributed by atoms with van der Waals surface area (Å²) in [4.78, 5) is 51.2. The number of halogens is 2. The van der Waals surface area contributed by atoms with Crippen LogP contribution in [0.15, 0.2) is 72.3 Å². The van der Waals surface area contributed by atoms with Crippen LogP contribution in [-0.2, 0) is 14.4 Å². The quantitative estimate of drug-likeness (QED) is 0.378. The van der Waals surface area contributed by atoms with E-state index in [9.17, 15) is 23.6 Å².